The number of amides is 1. The van der Waals surface area contributed by atoms with E-state index in [1.807, 2.05) is 12.3 Å². The van der Waals surface area contributed by atoms with Gasteiger partial charge in [-0.25, -0.2) is 9.97 Å². The molecule has 0 aromatic carbocycles. The van der Waals surface area contributed by atoms with E-state index in [1.165, 1.54) is 35.6 Å². The van der Waals surface area contributed by atoms with Crippen molar-refractivity contribution in [2.45, 2.75) is 43.9 Å². The number of aryl methyl sites for hydroxylation is 1. The Morgan fingerprint density at radius 1 is 1.48 bits per heavy atom. The summed E-state index contributed by atoms with van der Waals surface area (Å²) in [5.41, 5.74) is 5.05. The molecule has 0 fully saturated rings. The van der Waals surface area contributed by atoms with Crippen LogP contribution in [0.5, 0.6) is 0 Å². The Morgan fingerprint density at radius 3 is 3.04 bits per heavy atom. The molecule has 0 saturated carbocycles. The van der Waals surface area contributed by atoms with Crippen LogP contribution >= 0.6 is 23.1 Å². The molecule has 1 aliphatic carbocycles. The monoisotopic (exact) mass is 344 g/mol. The predicted octanol–water partition coefficient (Wildman–Crippen LogP) is 3.46. The van der Waals surface area contributed by atoms with Crippen LogP contribution in [0.3, 0.4) is 0 Å². The van der Waals surface area contributed by atoms with E-state index in [2.05, 4.69) is 16.4 Å². The van der Waals surface area contributed by atoms with E-state index in [0.29, 0.717) is 16.4 Å². The van der Waals surface area contributed by atoms with Gasteiger partial charge in [-0.3, -0.25) is 4.79 Å². The number of carbonyl (C=O) groups is 1. The number of nitrogens with one attached hydrogen (secondary N) is 1. The fourth-order valence-corrected chi connectivity index (χ4v) is 4.52. The molecule has 0 radical (unpaired) electrons. The molecule has 2 aromatic rings. The number of thiazole rings is 1. The molecule has 2 aromatic heterocycles. The third kappa shape index (κ3) is 3.38. The van der Waals surface area contributed by atoms with Gasteiger partial charge in [-0.2, -0.15) is 5.26 Å². The highest BCUT2D eigenvalue weighted by Crippen LogP contribution is 2.33. The lowest BCUT2D eigenvalue weighted by Gasteiger charge is -2.10. The van der Waals surface area contributed by atoms with Gasteiger partial charge in [-0.15, -0.1) is 11.3 Å². The summed E-state index contributed by atoms with van der Waals surface area (Å²) in [6, 6.07) is 2.30. The van der Waals surface area contributed by atoms with E-state index in [-0.39, 0.29) is 5.91 Å². The third-order valence-corrected chi connectivity index (χ3v) is 5.59. The Bertz CT molecular complexity index is 807. The first kappa shape index (κ1) is 16.0. The number of thioether (sulfide) groups is 1. The maximum absolute atomic E-state index is 11.0. The van der Waals surface area contributed by atoms with Crippen LogP contribution < -0.4 is 5.32 Å². The fraction of sp³-hybridized carbons (Fsp3) is 0.375. The Kier molecular flexibility index (Phi) is 4.64. The van der Waals surface area contributed by atoms with Crippen LogP contribution in [0.4, 0.5) is 5.13 Å². The predicted molar refractivity (Wildman–Crippen MR) is 91.7 cm³/mol. The maximum atomic E-state index is 11.0. The average molecular weight is 344 g/mol. The highest BCUT2D eigenvalue weighted by atomic mass is 32.2. The molecule has 0 atom stereocenters. The van der Waals surface area contributed by atoms with Crippen molar-refractivity contribution in [3.05, 3.63) is 33.5 Å². The smallest absolute Gasteiger partial charge is 0.223 e. The number of carbonyl (C=O) groups excluding carboxylic acids is 1. The van der Waals surface area contributed by atoms with E-state index in [0.717, 1.165) is 41.2 Å². The molecule has 3 rings (SSSR count). The van der Waals surface area contributed by atoms with E-state index in [1.54, 1.807) is 0 Å². The van der Waals surface area contributed by atoms with Gasteiger partial charge in [0.15, 0.2) is 5.13 Å². The van der Waals surface area contributed by atoms with Gasteiger partial charge in [0.1, 0.15) is 11.1 Å². The minimum atomic E-state index is -0.124. The van der Waals surface area contributed by atoms with E-state index >= 15 is 0 Å². The van der Waals surface area contributed by atoms with Crippen molar-refractivity contribution in [3.63, 3.8) is 0 Å². The zero-order valence-corrected chi connectivity index (χ0v) is 14.6. The quantitative estimate of drug-likeness (QED) is 0.859. The highest BCUT2D eigenvalue weighted by molar-refractivity contribution is 7.98. The number of hydrogen-bond acceptors (Lipinski definition) is 6. The van der Waals surface area contributed by atoms with Crippen molar-refractivity contribution in [2.24, 2.45) is 0 Å². The summed E-state index contributed by atoms with van der Waals surface area (Å²) in [6.45, 7) is 3.48. The summed E-state index contributed by atoms with van der Waals surface area (Å²) < 4.78 is 0. The van der Waals surface area contributed by atoms with Crippen molar-refractivity contribution >= 4 is 34.1 Å². The van der Waals surface area contributed by atoms with Crippen molar-refractivity contribution < 1.29 is 4.79 Å². The topological polar surface area (TPSA) is 78.7 Å². The van der Waals surface area contributed by atoms with E-state index < -0.39 is 0 Å². The van der Waals surface area contributed by atoms with Crippen LogP contribution in [0.2, 0.25) is 0 Å². The second kappa shape index (κ2) is 6.69. The Balaban J connectivity index is 1.78. The van der Waals surface area contributed by atoms with Gasteiger partial charge in [0.05, 0.1) is 11.3 Å². The molecule has 0 bridgehead atoms. The Morgan fingerprint density at radius 2 is 2.30 bits per heavy atom. The molecule has 0 saturated heterocycles. The number of nitrogens with zero attached hydrogens (tertiary/aromatic N) is 3. The van der Waals surface area contributed by atoms with Gasteiger partial charge in [0, 0.05) is 23.8 Å². The van der Waals surface area contributed by atoms with Gasteiger partial charge in [0.25, 0.3) is 0 Å². The minimum absolute atomic E-state index is 0.124. The summed E-state index contributed by atoms with van der Waals surface area (Å²) in [7, 11) is 0. The van der Waals surface area contributed by atoms with Crippen molar-refractivity contribution in [1.82, 2.24) is 9.97 Å². The number of fused-ring (bicyclic) bond motifs is 1. The summed E-state index contributed by atoms with van der Waals surface area (Å²) in [5.74, 6) is 0.511. The summed E-state index contributed by atoms with van der Waals surface area (Å²) in [6.07, 6.45) is 3.15. The molecule has 1 N–H and O–H groups in total. The molecular formula is C16H16N4OS2. The summed E-state index contributed by atoms with van der Waals surface area (Å²) in [5, 5.41) is 15.5. The number of aromatic nitrogens is 2. The van der Waals surface area contributed by atoms with Gasteiger partial charge in [-0.1, -0.05) is 11.8 Å². The summed E-state index contributed by atoms with van der Waals surface area (Å²) in [4.78, 5) is 20.1. The van der Waals surface area contributed by atoms with Crippen molar-refractivity contribution in [2.75, 3.05) is 5.32 Å². The second-order valence-corrected chi connectivity index (χ2v) is 7.24. The molecule has 0 unspecified atom stereocenters. The normalized spacial score (nSPS) is 12.7. The third-order valence-electron chi connectivity index (χ3n) is 3.77. The van der Waals surface area contributed by atoms with Gasteiger partial charge < -0.3 is 5.32 Å². The number of anilines is 1. The molecule has 23 heavy (non-hydrogen) atoms. The van der Waals surface area contributed by atoms with E-state index in [4.69, 9.17) is 4.98 Å². The molecule has 7 heteroatoms. The number of rotatable bonds is 4. The van der Waals surface area contributed by atoms with Gasteiger partial charge in [0.2, 0.25) is 5.91 Å². The van der Waals surface area contributed by atoms with Crippen LogP contribution in [0.1, 0.15) is 41.4 Å². The maximum Gasteiger partial charge on any atom is 0.223 e. The first-order valence-corrected chi connectivity index (χ1v) is 9.22. The van der Waals surface area contributed by atoms with Crippen LogP contribution in [-0.4, -0.2) is 15.9 Å². The molecule has 0 aliphatic heterocycles. The number of nitriles is 1. The second-order valence-electron chi connectivity index (χ2n) is 5.42. The lowest BCUT2D eigenvalue weighted by molar-refractivity contribution is -0.114. The molecular weight excluding hydrogens is 328 g/mol. The zero-order valence-electron chi connectivity index (χ0n) is 13.0. The molecule has 5 nitrogen and oxygen atoms in total. The number of hydrogen-bond donors (Lipinski definition) is 1. The molecule has 1 aliphatic rings. The first-order valence-electron chi connectivity index (χ1n) is 7.35. The minimum Gasteiger partial charge on any atom is -0.302 e. The average Bonchev–Trinajstić information content (AvgIpc) is 3.13. The van der Waals surface area contributed by atoms with Crippen LogP contribution in [-0.2, 0) is 23.4 Å². The molecule has 2 heterocycles. The lowest BCUT2D eigenvalue weighted by atomic mass is 10.0. The Labute approximate surface area is 143 Å². The van der Waals surface area contributed by atoms with Gasteiger partial charge in [-0.05, 0) is 37.3 Å². The standard InChI is InChI=1S/C16H16N4OS2/c1-9-12-4-3-5-14(12)20-15(13(9)6-17)22-7-11-8-23-16(19-11)18-10(2)21/h8H,3-5,7H2,1-2H3,(H,18,19,21). The van der Waals surface area contributed by atoms with Crippen LogP contribution in [0, 0.1) is 18.3 Å². The number of pyridine rings is 1. The molecule has 118 valence electrons. The summed E-state index contributed by atoms with van der Waals surface area (Å²) >= 11 is 2.94. The largest absolute Gasteiger partial charge is 0.302 e. The Hall–Kier alpha value is -1.91. The highest BCUT2D eigenvalue weighted by Gasteiger charge is 2.21. The lowest BCUT2D eigenvalue weighted by Crippen LogP contribution is -2.05. The van der Waals surface area contributed by atoms with Crippen molar-refractivity contribution in [3.8, 4) is 6.07 Å². The molecule has 1 amide bonds. The SMILES string of the molecule is CC(=O)Nc1nc(CSc2nc3c(c(C)c2C#N)CCC3)cs1. The van der Waals surface area contributed by atoms with Gasteiger partial charge >= 0.3 is 0 Å². The molecule has 0 spiro atoms. The fourth-order valence-electron chi connectivity index (χ4n) is 2.70. The van der Waals surface area contributed by atoms with Crippen molar-refractivity contribution in [1.29, 1.82) is 5.26 Å². The van der Waals surface area contributed by atoms with E-state index in [9.17, 15) is 10.1 Å². The van der Waals surface area contributed by atoms with Crippen LogP contribution in [0.15, 0.2) is 10.4 Å². The van der Waals surface area contributed by atoms with Crippen LogP contribution in [0.25, 0.3) is 0 Å². The zero-order chi connectivity index (χ0) is 16.4. The first-order chi connectivity index (χ1) is 11.1.